The summed E-state index contributed by atoms with van der Waals surface area (Å²) in [6, 6.07) is 29.1. The van der Waals surface area contributed by atoms with Crippen LogP contribution in [0.4, 0.5) is 22.7 Å². The van der Waals surface area contributed by atoms with Crippen molar-refractivity contribution in [1.29, 1.82) is 0 Å². The van der Waals surface area contributed by atoms with Gasteiger partial charge in [0, 0.05) is 49.7 Å². The molecular weight excluding hydrogens is 722 g/mol. The molecule has 0 fully saturated rings. The van der Waals surface area contributed by atoms with Crippen molar-refractivity contribution in [1.82, 2.24) is 0 Å². The summed E-state index contributed by atoms with van der Waals surface area (Å²) in [7, 11) is 3.23. The quantitative estimate of drug-likeness (QED) is 0.157. The maximum Gasteiger partial charge on any atom is 2.00 e. The van der Waals surface area contributed by atoms with Crippen LogP contribution >= 0.6 is 0 Å². The molecule has 2 unspecified atom stereocenters. The topological polar surface area (TPSA) is 115 Å². The molecule has 4 amide bonds. The van der Waals surface area contributed by atoms with Gasteiger partial charge in [-0.05, 0) is 74.2 Å². The number of rotatable bonds is 8. The number of carbonyl (C=O) groups excluding carboxylic acids is 6. The molecule has 0 bridgehead atoms. The molecule has 2 aliphatic rings. The van der Waals surface area contributed by atoms with Crippen molar-refractivity contribution in [2.24, 2.45) is 11.8 Å². The van der Waals surface area contributed by atoms with Crippen molar-refractivity contribution in [3.05, 3.63) is 119 Å². The number of anilines is 4. The summed E-state index contributed by atoms with van der Waals surface area (Å²) in [6.45, 7) is 8.34. The zero-order chi connectivity index (χ0) is 37.7. The Kier molecular flexibility index (Phi) is 13.4. The van der Waals surface area contributed by atoms with Crippen LogP contribution < -0.4 is 19.6 Å². The summed E-state index contributed by atoms with van der Waals surface area (Å²) < 4.78 is 0. The molecule has 2 aliphatic heterocycles. The van der Waals surface area contributed by atoms with E-state index in [2.05, 4.69) is 0 Å². The summed E-state index contributed by atoms with van der Waals surface area (Å²) in [5.74, 6) is -5.37. The minimum absolute atomic E-state index is 0. The molecule has 53 heavy (non-hydrogen) atoms. The van der Waals surface area contributed by atoms with E-state index >= 15 is 0 Å². The van der Waals surface area contributed by atoms with Gasteiger partial charge in [0.05, 0.1) is 11.4 Å². The minimum atomic E-state index is -1.33. The van der Waals surface area contributed by atoms with Gasteiger partial charge < -0.3 is 19.6 Å². The fourth-order valence-corrected chi connectivity index (χ4v) is 6.92. The normalized spacial score (nSPS) is 16.1. The first-order chi connectivity index (χ1) is 25.0. The van der Waals surface area contributed by atoms with Crippen LogP contribution in [0.1, 0.15) is 59.5 Å². The number of fused-ring (bicyclic) bond motifs is 2. The number of amides is 4. The summed E-state index contributed by atoms with van der Waals surface area (Å²) in [4.78, 5) is 84.2. The first-order valence-corrected chi connectivity index (χ1v) is 17.6. The monoisotopic (exact) mass is 764 g/mol. The Morgan fingerprint density at radius 1 is 0.528 bits per heavy atom. The maximum absolute atomic E-state index is 13.2. The molecule has 0 aromatic heterocycles. The molecule has 10 nitrogen and oxygen atoms in total. The third-order valence-corrected chi connectivity index (χ3v) is 9.71. The summed E-state index contributed by atoms with van der Waals surface area (Å²) >= 11 is 0. The standard InChI is InChI=1S/2C21H22N2O3.Zn/c2*1-4-14-10-9-13-16-17(14)19(24)18(20(25)22(16)3)21(26)23(5-2)15-11-7-6-8-12-15;/h2*6-13,18H,4-5H2,1-3H3;/q;;+2. The molecular formula is C42H44N4O6Zn+2. The van der Waals surface area contributed by atoms with Gasteiger partial charge in [0.2, 0.25) is 23.6 Å². The van der Waals surface area contributed by atoms with E-state index < -0.39 is 47.0 Å². The molecule has 0 aliphatic carbocycles. The van der Waals surface area contributed by atoms with E-state index in [0.29, 0.717) is 59.8 Å². The van der Waals surface area contributed by atoms with Crippen LogP contribution in [0, 0.1) is 11.8 Å². The van der Waals surface area contributed by atoms with E-state index in [1.54, 1.807) is 50.5 Å². The molecule has 268 valence electrons. The second-order valence-electron chi connectivity index (χ2n) is 12.6. The number of hydrogen-bond acceptors (Lipinski definition) is 6. The average molecular weight is 766 g/mol. The molecule has 0 N–H and O–H groups in total. The number of hydrogen-bond donors (Lipinski definition) is 0. The summed E-state index contributed by atoms with van der Waals surface area (Å²) in [6.07, 6.45) is 1.32. The van der Waals surface area contributed by atoms with Gasteiger partial charge in [-0.25, -0.2) is 0 Å². The van der Waals surface area contributed by atoms with Crippen molar-refractivity contribution < 1.29 is 48.2 Å². The predicted molar refractivity (Wildman–Crippen MR) is 203 cm³/mol. The van der Waals surface area contributed by atoms with Crippen LogP contribution in [0.5, 0.6) is 0 Å². The van der Waals surface area contributed by atoms with Gasteiger partial charge in [-0.15, -0.1) is 0 Å². The Balaban J connectivity index is 0.000000232. The third kappa shape index (κ3) is 7.62. The number of nitrogens with zero attached hydrogens (tertiary/aromatic N) is 4. The van der Waals surface area contributed by atoms with Crippen LogP contribution in [0.3, 0.4) is 0 Å². The molecule has 11 heteroatoms. The molecule has 0 saturated heterocycles. The van der Waals surface area contributed by atoms with Gasteiger partial charge in [0.15, 0.2) is 23.4 Å². The van der Waals surface area contributed by atoms with Gasteiger partial charge >= 0.3 is 19.5 Å². The van der Waals surface area contributed by atoms with E-state index in [-0.39, 0.29) is 19.5 Å². The van der Waals surface area contributed by atoms with Crippen molar-refractivity contribution in [2.45, 2.75) is 40.5 Å². The van der Waals surface area contributed by atoms with E-state index in [9.17, 15) is 28.8 Å². The molecule has 0 saturated carbocycles. The second kappa shape index (κ2) is 17.5. The number of carbonyl (C=O) groups is 6. The van der Waals surface area contributed by atoms with Gasteiger partial charge in [-0.1, -0.05) is 74.5 Å². The maximum atomic E-state index is 13.2. The van der Waals surface area contributed by atoms with Gasteiger partial charge in [0.25, 0.3) is 0 Å². The molecule has 4 aromatic carbocycles. The summed E-state index contributed by atoms with van der Waals surface area (Å²) in [5.41, 5.74) is 5.19. The number of aryl methyl sites for hydroxylation is 2. The Bertz CT molecular complexity index is 1870. The molecule has 2 heterocycles. The summed E-state index contributed by atoms with van der Waals surface area (Å²) in [5, 5.41) is 0. The SMILES string of the molecule is CCc1cccc2c1C(=O)C(C(=O)N(CC)c1ccccc1)C(=O)N2C.CCc1cccc2c1C(=O)C(C(=O)N(CC)c1ccccc1)C(=O)N2C.[Zn+2]. The molecule has 6 rings (SSSR count). The first kappa shape index (κ1) is 40.5. The van der Waals surface area contributed by atoms with Crippen molar-refractivity contribution >= 4 is 57.9 Å². The number of ketones is 2. The Morgan fingerprint density at radius 3 is 1.17 bits per heavy atom. The van der Waals surface area contributed by atoms with Crippen LogP contribution in [0.15, 0.2) is 97.1 Å². The Morgan fingerprint density at radius 2 is 0.868 bits per heavy atom. The smallest absolute Gasteiger partial charge is 0.314 e. The minimum Gasteiger partial charge on any atom is -0.314 e. The number of para-hydroxylation sites is 2. The van der Waals surface area contributed by atoms with Gasteiger partial charge in [-0.2, -0.15) is 0 Å². The van der Waals surface area contributed by atoms with Crippen LogP contribution in [0.2, 0.25) is 0 Å². The fraction of sp³-hybridized carbons (Fsp3) is 0.286. The number of Topliss-reactive ketones (excluding diaryl/α,β-unsaturated/α-hetero) is 2. The van der Waals surface area contributed by atoms with Gasteiger partial charge in [0.1, 0.15) is 0 Å². The molecule has 0 radical (unpaired) electrons. The van der Waals surface area contributed by atoms with Crippen molar-refractivity contribution in [3.8, 4) is 0 Å². The van der Waals surface area contributed by atoms with Crippen molar-refractivity contribution in [3.63, 3.8) is 0 Å². The molecule has 0 spiro atoms. The average Bonchev–Trinajstić information content (AvgIpc) is 3.17. The van der Waals surface area contributed by atoms with Crippen molar-refractivity contribution in [2.75, 3.05) is 46.8 Å². The van der Waals surface area contributed by atoms with Crippen LogP contribution in [0.25, 0.3) is 0 Å². The number of benzene rings is 4. The molecule has 4 aromatic rings. The van der Waals surface area contributed by atoms with Gasteiger partial charge in [-0.3, -0.25) is 28.8 Å². The Hall–Kier alpha value is -5.28. The van der Waals surface area contributed by atoms with E-state index in [1.807, 2.05) is 88.4 Å². The van der Waals surface area contributed by atoms with Crippen LogP contribution in [-0.4, -0.2) is 62.4 Å². The first-order valence-electron chi connectivity index (χ1n) is 17.6. The Labute approximate surface area is 323 Å². The largest absolute Gasteiger partial charge is 2.00 e. The third-order valence-electron chi connectivity index (χ3n) is 9.71. The van der Waals surface area contributed by atoms with E-state index in [4.69, 9.17) is 0 Å². The zero-order valence-corrected chi connectivity index (χ0v) is 34.1. The zero-order valence-electron chi connectivity index (χ0n) is 31.2. The van der Waals surface area contributed by atoms with Crippen LogP contribution in [-0.2, 0) is 51.5 Å². The second-order valence-corrected chi connectivity index (χ2v) is 12.6. The van der Waals surface area contributed by atoms with E-state index in [0.717, 1.165) is 11.1 Å². The molecule has 2 atom stereocenters. The van der Waals surface area contributed by atoms with E-state index in [1.165, 1.54) is 19.6 Å². The fourth-order valence-electron chi connectivity index (χ4n) is 6.92. The predicted octanol–water partition coefficient (Wildman–Crippen LogP) is 6.15.